The smallest absolute Gasteiger partial charge is 0.170 e. The molecule has 150 valence electrons. The van der Waals surface area contributed by atoms with Crippen molar-refractivity contribution >= 4 is 33.3 Å². The lowest BCUT2D eigenvalue weighted by Crippen LogP contribution is -2.36. The van der Waals surface area contributed by atoms with E-state index in [9.17, 15) is 0 Å². The number of benzene rings is 1. The summed E-state index contributed by atoms with van der Waals surface area (Å²) in [6.07, 6.45) is 3.95. The van der Waals surface area contributed by atoms with Crippen molar-refractivity contribution < 1.29 is 0 Å². The average Bonchev–Trinajstić information content (AvgIpc) is 3.32. The highest BCUT2D eigenvalue weighted by Crippen LogP contribution is 2.39. The minimum absolute atomic E-state index is 0.00467. The van der Waals surface area contributed by atoms with Gasteiger partial charge in [0, 0.05) is 41.3 Å². The number of halogens is 1. The van der Waals surface area contributed by atoms with Crippen LogP contribution in [0.4, 0.5) is 0 Å². The number of likely N-dealkylation sites (N-methyl/N-ethyl adjacent to an activating group) is 1. The van der Waals surface area contributed by atoms with E-state index in [-0.39, 0.29) is 12.1 Å². The fourth-order valence-corrected chi connectivity index (χ4v) is 4.34. The number of nitrogens with zero attached hydrogens (tertiary/aromatic N) is 4. The zero-order valence-corrected chi connectivity index (χ0v) is 18.9. The number of aromatic nitrogens is 2. The van der Waals surface area contributed by atoms with Gasteiger partial charge in [-0.15, -0.1) is 0 Å². The maximum Gasteiger partial charge on any atom is 0.170 e. The number of pyridine rings is 1. The third kappa shape index (κ3) is 4.22. The minimum Gasteiger partial charge on any atom is -0.352 e. The molecule has 1 N–H and O–H groups in total. The molecule has 3 aromatic rings. The van der Waals surface area contributed by atoms with Crippen LogP contribution in [0.25, 0.3) is 5.69 Å². The van der Waals surface area contributed by atoms with Crippen molar-refractivity contribution in [3.05, 3.63) is 82.9 Å². The predicted octanol–water partition coefficient (Wildman–Crippen LogP) is 4.17. The van der Waals surface area contributed by atoms with Gasteiger partial charge in [0.25, 0.3) is 0 Å². The maximum absolute atomic E-state index is 5.75. The van der Waals surface area contributed by atoms with Crippen LogP contribution in [0.3, 0.4) is 0 Å². The topological polar surface area (TPSA) is 36.3 Å². The highest BCUT2D eigenvalue weighted by molar-refractivity contribution is 9.10. The van der Waals surface area contributed by atoms with E-state index in [1.54, 1.807) is 0 Å². The van der Waals surface area contributed by atoms with E-state index >= 15 is 0 Å². The van der Waals surface area contributed by atoms with Gasteiger partial charge in [-0.25, -0.2) is 0 Å². The van der Waals surface area contributed by atoms with Crippen molar-refractivity contribution in [2.75, 3.05) is 27.2 Å². The van der Waals surface area contributed by atoms with Crippen LogP contribution in [0, 0.1) is 0 Å². The summed E-state index contributed by atoms with van der Waals surface area (Å²) in [5, 5.41) is 4.30. The summed E-state index contributed by atoms with van der Waals surface area (Å²) in [4.78, 5) is 9.10. The first kappa shape index (κ1) is 20.1. The molecule has 1 aliphatic rings. The maximum atomic E-state index is 5.75. The quantitative estimate of drug-likeness (QED) is 0.548. The lowest BCUT2D eigenvalue weighted by molar-refractivity contribution is 0.272. The van der Waals surface area contributed by atoms with Crippen LogP contribution < -0.4 is 5.32 Å². The summed E-state index contributed by atoms with van der Waals surface area (Å²) in [6.45, 7) is 1.77. The molecule has 0 spiro atoms. The highest BCUT2D eigenvalue weighted by Gasteiger charge is 2.41. The van der Waals surface area contributed by atoms with Crippen LogP contribution >= 0.6 is 28.1 Å². The van der Waals surface area contributed by atoms with Gasteiger partial charge in [0.2, 0.25) is 0 Å². The Morgan fingerprint density at radius 3 is 2.59 bits per heavy atom. The van der Waals surface area contributed by atoms with Gasteiger partial charge < -0.3 is 19.7 Å². The molecule has 5 nitrogen and oxygen atoms in total. The molecule has 0 bridgehead atoms. The van der Waals surface area contributed by atoms with Crippen molar-refractivity contribution in [2.45, 2.75) is 12.1 Å². The lowest BCUT2D eigenvalue weighted by atomic mass is 10.0. The zero-order valence-electron chi connectivity index (χ0n) is 16.5. The van der Waals surface area contributed by atoms with Gasteiger partial charge in [-0.1, -0.05) is 22.0 Å². The Morgan fingerprint density at radius 2 is 1.90 bits per heavy atom. The predicted molar refractivity (Wildman–Crippen MR) is 124 cm³/mol. The Bertz CT molecular complexity index is 970. The second-order valence-electron chi connectivity index (χ2n) is 7.40. The lowest BCUT2D eigenvalue weighted by Gasteiger charge is -2.29. The third-order valence-electron chi connectivity index (χ3n) is 5.17. The summed E-state index contributed by atoms with van der Waals surface area (Å²) in [7, 11) is 4.17. The fourth-order valence-electron chi connectivity index (χ4n) is 3.75. The molecule has 2 atom stereocenters. The number of hydrogen-bond donors (Lipinski definition) is 1. The molecule has 4 rings (SSSR count). The van der Waals surface area contributed by atoms with Gasteiger partial charge in [0.05, 0.1) is 17.8 Å². The Kier molecular flexibility index (Phi) is 5.99. The van der Waals surface area contributed by atoms with Gasteiger partial charge in [-0.05, 0) is 74.8 Å². The van der Waals surface area contributed by atoms with Crippen LogP contribution in [-0.4, -0.2) is 51.6 Å². The van der Waals surface area contributed by atoms with E-state index in [4.69, 9.17) is 12.2 Å². The number of hydrogen-bond acceptors (Lipinski definition) is 3. The largest absolute Gasteiger partial charge is 0.352 e. The number of rotatable bonds is 6. The molecular weight excluding hydrogens is 446 g/mol. The van der Waals surface area contributed by atoms with Crippen molar-refractivity contribution in [1.29, 1.82) is 0 Å². The minimum atomic E-state index is -0.00467. The first-order valence-corrected chi connectivity index (χ1v) is 10.8. The highest BCUT2D eigenvalue weighted by atomic mass is 79.9. The first-order chi connectivity index (χ1) is 14.0. The van der Waals surface area contributed by atoms with Gasteiger partial charge >= 0.3 is 0 Å². The Morgan fingerprint density at radius 1 is 1.10 bits per heavy atom. The molecule has 0 radical (unpaired) electrons. The first-order valence-electron chi connectivity index (χ1n) is 9.60. The van der Waals surface area contributed by atoms with Crippen LogP contribution in [0.15, 0.2) is 71.5 Å². The van der Waals surface area contributed by atoms with Gasteiger partial charge in [-0.3, -0.25) is 4.98 Å². The molecule has 1 aromatic carbocycles. The molecule has 0 saturated carbocycles. The van der Waals surface area contributed by atoms with E-state index in [0.29, 0.717) is 0 Å². The van der Waals surface area contributed by atoms with Crippen molar-refractivity contribution in [3.63, 3.8) is 0 Å². The van der Waals surface area contributed by atoms with Gasteiger partial charge in [-0.2, -0.15) is 0 Å². The van der Waals surface area contributed by atoms with Crippen LogP contribution in [0.2, 0.25) is 0 Å². The molecule has 0 amide bonds. The van der Waals surface area contributed by atoms with Crippen LogP contribution in [0.5, 0.6) is 0 Å². The molecule has 1 saturated heterocycles. The second-order valence-corrected chi connectivity index (χ2v) is 8.71. The molecule has 2 aromatic heterocycles. The van der Waals surface area contributed by atoms with Crippen molar-refractivity contribution in [1.82, 2.24) is 24.7 Å². The van der Waals surface area contributed by atoms with Gasteiger partial charge in [0.15, 0.2) is 5.11 Å². The summed E-state index contributed by atoms with van der Waals surface area (Å²) >= 11 is 9.28. The number of nitrogens with one attached hydrogen (secondary N) is 1. The molecule has 1 aliphatic heterocycles. The number of thiocarbonyl (C=S) groups is 1. The normalized spacial score (nSPS) is 19.0. The standard InChI is InChI=1S/C22H24BrN5S/c1-26(2)14-15-28-21(20(25-22(28)29)18-6-3-4-12-24-18)19-7-5-13-27(19)17-10-8-16(23)9-11-17/h3-13,20-21H,14-15H2,1-2H3,(H,25,29)/t20-,21-/m0/s1. The summed E-state index contributed by atoms with van der Waals surface area (Å²) in [6, 6.07) is 18.7. The van der Waals surface area contributed by atoms with E-state index in [1.807, 2.05) is 18.3 Å². The molecule has 29 heavy (non-hydrogen) atoms. The molecule has 0 aliphatic carbocycles. The average molecular weight is 470 g/mol. The van der Waals surface area contributed by atoms with E-state index in [1.165, 1.54) is 5.69 Å². The third-order valence-corrected chi connectivity index (χ3v) is 6.06. The Hall–Kier alpha value is -2.22. The second kappa shape index (κ2) is 8.65. The Balaban J connectivity index is 1.77. The van der Waals surface area contributed by atoms with Crippen molar-refractivity contribution in [2.24, 2.45) is 0 Å². The SMILES string of the molecule is CN(C)CCN1C(=S)N[C@@H](c2ccccn2)[C@@H]1c1cccn1-c1ccc(Br)cc1. The monoisotopic (exact) mass is 469 g/mol. The molecule has 3 heterocycles. The van der Waals surface area contributed by atoms with E-state index in [2.05, 4.69) is 103 Å². The van der Waals surface area contributed by atoms with Gasteiger partial charge in [0.1, 0.15) is 0 Å². The fraction of sp³-hybridized carbons (Fsp3) is 0.273. The summed E-state index contributed by atoms with van der Waals surface area (Å²) < 4.78 is 3.31. The molecule has 7 heteroatoms. The Labute approximate surface area is 185 Å². The van der Waals surface area contributed by atoms with Crippen molar-refractivity contribution in [3.8, 4) is 5.69 Å². The molecule has 1 fully saturated rings. The van der Waals surface area contributed by atoms with Crippen LogP contribution in [0.1, 0.15) is 23.5 Å². The zero-order chi connectivity index (χ0) is 20.4. The molecular formula is C22H24BrN5S. The summed E-state index contributed by atoms with van der Waals surface area (Å²) in [5.41, 5.74) is 3.31. The van der Waals surface area contributed by atoms with E-state index in [0.717, 1.165) is 34.1 Å². The summed E-state index contributed by atoms with van der Waals surface area (Å²) in [5.74, 6) is 0. The van der Waals surface area contributed by atoms with Crippen LogP contribution in [-0.2, 0) is 0 Å². The van der Waals surface area contributed by atoms with E-state index < -0.39 is 0 Å². The molecule has 0 unspecified atom stereocenters.